The van der Waals surface area contributed by atoms with Gasteiger partial charge in [-0.2, -0.15) is 4.52 Å². The molecule has 120 valence electrons. The lowest BCUT2D eigenvalue weighted by Crippen LogP contribution is -2.20. The number of aromatic amines is 1. The van der Waals surface area contributed by atoms with Crippen LogP contribution in [0, 0.1) is 0 Å². The lowest BCUT2D eigenvalue weighted by atomic mass is 10.2. The van der Waals surface area contributed by atoms with E-state index in [0.29, 0.717) is 16.3 Å². The van der Waals surface area contributed by atoms with Gasteiger partial charge in [-0.1, -0.05) is 37.5 Å². The third kappa shape index (κ3) is 4.03. The zero-order valence-electron chi connectivity index (χ0n) is 12.8. The van der Waals surface area contributed by atoms with Gasteiger partial charge in [0, 0.05) is 12.6 Å². The Morgan fingerprint density at radius 2 is 2.23 bits per heavy atom. The molecule has 0 fully saturated rings. The van der Waals surface area contributed by atoms with Crippen LogP contribution in [0.4, 0.5) is 0 Å². The molecule has 0 aromatic carbocycles. The molecule has 0 aliphatic carbocycles. The smallest absolute Gasteiger partial charge is 0.357 e. The number of carbonyl (C=O) groups is 1. The molecule has 2 rings (SSSR count). The number of esters is 1. The van der Waals surface area contributed by atoms with Crippen LogP contribution in [0.15, 0.2) is 15.9 Å². The van der Waals surface area contributed by atoms with Gasteiger partial charge in [0.2, 0.25) is 9.76 Å². The Bertz CT molecular complexity index is 759. The third-order valence-electron chi connectivity index (χ3n) is 3.04. The molecule has 0 amide bonds. The molecule has 2 heterocycles. The molecule has 0 radical (unpaired) electrons. The average molecular weight is 324 g/mol. The normalized spacial score (nSPS) is 12.0. The predicted molar refractivity (Wildman–Crippen MR) is 84.2 cm³/mol. The van der Waals surface area contributed by atoms with Gasteiger partial charge in [0.15, 0.2) is 5.69 Å². The molecule has 0 atom stereocenters. The number of hydrogen-bond acceptors (Lipinski definition) is 6. The van der Waals surface area contributed by atoms with E-state index in [4.69, 9.17) is 4.74 Å². The van der Waals surface area contributed by atoms with Crippen molar-refractivity contribution in [2.75, 3.05) is 13.2 Å². The van der Waals surface area contributed by atoms with Crippen molar-refractivity contribution in [3.63, 3.8) is 0 Å². The van der Waals surface area contributed by atoms with E-state index in [1.807, 2.05) is 0 Å². The van der Waals surface area contributed by atoms with Crippen molar-refractivity contribution in [1.82, 2.24) is 14.6 Å². The molecular formula is C14H20N4O3S. The minimum Gasteiger partial charge on any atom is -0.461 e. The van der Waals surface area contributed by atoms with Gasteiger partial charge in [-0.15, -0.1) is 0 Å². The van der Waals surface area contributed by atoms with E-state index in [1.54, 1.807) is 6.92 Å². The number of ether oxygens (including phenoxy) is 1. The van der Waals surface area contributed by atoms with Crippen molar-refractivity contribution in [3.05, 3.63) is 26.9 Å². The SMILES string of the molecule is CCCCCCN=c1[nH]n2c(=O)cc(C(=O)OCC)nc2s1. The number of aromatic nitrogens is 3. The number of carbonyl (C=O) groups excluding carboxylic acids is 1. The van der Waals surface area contributed by atoms with Crippen molar-refractivity contribution in [2.24, 2.45) is 4.99 Å². The Kier molecular flexibility index (Phi) is 5.88. The quantitative estimate of drug-likeness (QED) is 0.620. The van der Waals surface area contributed by atoms with E-state index in [2.05, 4.69) is 22.0 Å². The Morgan fingerprint density at radius 3 is 2.95 bits per heavy atom. The molecule has 2 aromatic rings. The first-order chi connectivity index (χ1) is 10.7. The fourth-order valence-electron chi connectivity index (χ4n) is 1.93. The lowest BCUT2D eigenvalue weighted by Gasteiger charge is -1.99. The maximum atomic E-state index is 12.0. The van der Waals surface area contributed by atoms with Crippen molar-refractivity contribution in [3.8, 4) is 0 Å². The molecule has 0 unspecified atom stereocenters. The second kappa shape index (κ2) is 7.88. The third-order valence-corrected chi connectivity index (χ3v) is 3.91. The van der Waals surface area contributed by atoms with Crippen LogP contribution < -0.4 is 10.4 Å². The zero-order valence-corrected chi connectivity index (χ0v) is 13.6. The van der Waals surface area contributed by atoms with Crippen LogP contribution >= 0.6 is 11.3 Å². The second-order valence-electron chi connectivity index (χ2n) is 4.78. The van der Waals surface area contributed by atoms with Crippen LogP contribution in [0.1, 0.15) is 50.0 Å². The van der Waals surface area contributed by atoms with Gasteiger partial charge in [0.1, 0.15) is 0 Å². The number of nitrogens with one attached hydrogen (secondary N) is 1. The van der Waals surface area contributed by atoms with E-state index in [1.165, 1.54) is 34.8 Å². The summed E-state index contributed by atoms with van der Waals surface area (Å²) >= 11 is 1.25. The van der Waals surface area contributed by atoms with Crippen molar-refractivity contribution in [1.29, 1.82) is 0 Å². The highest BCUT2D eigenvalue weighted by Gasteiger charge is 2.12. The number of rotatable bonds is 7. The predicted octanol–water partition coefficient (Wildman–Crippen LogP) is 1.74. The van der Waals surface area contributed by atoms with Crippen molar-refractivity contribution < 1.29 is 9.53 Å². The monoisotopic (exact) mass is 324 g/mol. The molecule has 0 aliphatic heterocycles. The highest BCUT2D eigenvalue weighted by atomic mass is 32.1. The number of unbranched alkanes of at least 4 members (excludes halogenated alkanes) is 3. The highest BCUT2D eigenvalue weighted by Crippen LogP contribution is 2.03. The zero-order chi connectivity index (χ0) is 15.9. The van der Waals surface area contributed by atoms with Crippen molar-refractivity contribution in [2.45, 2.75) is 39.5 Å². The van der Waals surface area contributed by atoms with E-state index in [0.717, 1.165) is 12.8 Å². The van der Waals surface area contributed by atoms with Crippen LogP contribution in [0.3, 0.4) is 0 Å². The molecule has 0 spiro atoms. The van der Waals surface area contributed by atoms with Crippen LogP contribution in [0.2, 0.25) is 0 Å². The number of fused-ring (bicyclic) bond motifs is 1. The Labute approximate surface area is 131 Å². The summed E-state index contributed by atoms with van der Waals surface area (Å²) in [6, 6.07) is 1.17. The molecule has 0 aliphatic rings. The van der Waals surface area contributed by atoms with E-state index >= 15 is 0 Å². The Morgan fingerprint density at radius 1 is 1.41 bits per heavy atom. The van der Waals surface area contributed by atoms with Gasteiger partial charge in [0.05, 0.1) is 6.61 Å². The topological polar surface area (TPSA) is 88.8 Å². The number of hydrogen-bond donors (Lipinski definition) is 1. The van der Waals surface area contributed by atoms with Gasteiger partial charge >= 0.3 is 5.97 Å². The summed E-state index contributed by atoms with van der Waals surface area (Å²) in [4.78, 5) is 33.2. The summed E-state index contributed by atoms with van der Waals surface area (Å²) in [5, 5.41) is 2.89. The summed E-state index contributed by atoms with van der Waals surface area (Å²) < 4.78 is 6.15. The molecule has 0 saturated heterocycles. The van der Waals surface area contributed by atoms with Gasteiger partial charge < -0.3 is 4.74 Å². The summed E-state index contributed by atoms with van der Waals surface area (Å²) in [5.41, 5.74) is -0.326. The summed E-state index contributed by atoms with van der Waals surface area (Å²) in [6.07, 6.45) is 4.56. The summed E-state index contributed by atoms with van der Waals surface area (Å²) in [7, 11) is 0. The summed E-state index contributed by atoms with van der Waals surface area (Å²) in [5.74, 6) is -0.589. The molecule has 0 saturated carbocycles. The first-order valence-electron chi connectivity index (χ1n) is 7.46. The number of nitrogens with zero attached hydrogens (tertiary/aromatic N) is 3. The van der Waals surface area contributed by atoms with Crippen LogP contribution in [0.25, 0.3) is 4.96 Å². The molecule has 0 bridgehead atoms. The molecule has 22 heavy (non-hydrogen) atoms. The average Bonchev–Trinajstić information content (AvgIpc) is 2.91. The maximum absolute atomic E-state index is 12.0. The fourth-order valence-corrected chi connectivity index (χ4v) is 2.77. The standard InChI is InChI=1S/C14H20N4O3S/c1-3-5-6-7-8-15-13-17-18-11(19)9-10(12(20)21-4-2)16-14(18)22-13/h9H,3-8H2,1-2H3,(H,15,17). The lowest BCUT2D eigenvalue weighted by molar-refractivity contribution is 0.0519. The van der Waals surface area contributed by atoms with Gasteiger partial charge in [0.25, 0.3) is 5.56 Å². The minimum absolute atomic E-state index is 0.0246. The Hall–Kier alpha value is -1.96. The van der Waals surface area contributed by atoms with E-state index in [-0.39, 0.29) is 17.9 Å². The van der Waals surface area contributed by atoms with Gasteiger partial charge in [-0.3, -0.25) is 14.9 Å². The van der Waals surface area contributed by atoms with Crippen molar-refractivity contribution >= 4 is 22.3 Å². The van der Waals surface area contributed by atoms with Crippen LogP contribution in [-0.2, 0) is 4.74 Å². The first kappa shape index (κ1) is 16.4. The summed E-state index contributed by atoms with van der Waals surface area (Å²) in [6.45, 7) is 4.82. The van der Waals surface area contributed by atoms with Crippen LogP contribution in [-0.4, -0.2) is 33.7 Å². The molecule has 7 nitrogen and oxygen atoms in total. The maximum Gasteiger partial charge on any atom is 0.357 e. The molecular weight excluding hydrogens is 304 g/mol. The molecule has 1 N–H and O–H groups in total. The van der Waals surface area contributed by atoms with Gasteiger partial charge in [-0.05, 0) is 13.3 Å². The van der Waals surface area contributed by atoms with E-state index < -0.39 is 5.97 Å². The van der Waals surface area contributed by atoms with Gasteiger partial charge in [-0.25, -0.2) is 9.78 Å². The highest BCUT2D eigenvalue weighted by molar-refractivity contribution is 7.14. The Balaban J connectivity index is 2.22. The number of H-pyrrole nitrogens is 1. The minimum atomic E-state index is -0.589. The van der Waals surface area contributed by atoms with E-state index in [9.17, 15) is 9.59 Å². The van der Waals surface area contributed by atoms with Crippen LogP contribution in [0.5, 0.6) is 0 Å². The molecule has 8 heteroatoms. The largest absolute Gasteiger partial charge is 0.461 e. The second-order valence-corrected chi connectivity index (χ2v) is 5.74. The first-order valence-corrected chi connectivity index (χ1v) is 8.28. The fraction of sp³-hybridized carbons (Fsp3) is 0.571. The molecule has 2 aromatic heterocycles.